The SMILES string of the molecule is C=C(C)[C@@H]1CCC2=CC(=O)[C@H](O)[C@@H](C)[C@H]2C1. The minimum atomic E-state index is -0.794. The quantitative estimate of drug-likeness (QED) is 0.689. The molecule has 88 valence electrons. The van der Waals surface area contributed by atoms with Gasteiger partial charge in [-0.15, -0.1) is 0 Å². The third-order valence-electron chi connectivity index (χ3n) is 4.24. The number of fused-ring (bicyclic) bond motifs is 1. The Bertz CT molecular complexity index is 354. The summed E-state index contributed by atoms with van der Waals surface area (Å²) in [5.41, 5.74) is 2.48. The molecule has 2 aliphatic carbocycles. The van der Waals surface area contributed by atoms with Crippen LogP contribution in [0, 0.1) is 17.8 Å². The number of carbonyl (C=O) groups is 1. The van der Waals surface area contributed by atoms with Gasteiger partial charge in [0.25, 0.3) is 0 Å². The highest BCUT2D eigenvalue weighted by atomic mass is 16.3. The second-order valence-electron chi connectivity index (χ2n) is 5.35. The van der Waals surface area contributed by atoms with Gasteiger partial charge in [-0.1, -0.05) is 24.6 Å². The number of hydrogen-bond acceptors (Lipinski definition) is 2. The highest BCUT2D eigenvalue weighted by Crippen LogP contribution is 2.43. The minimum absolute atomic E-state index is 0.0645. The summed E-state index contributed by atoms with van der Waals surface area (Å²) in [4.78, 5) is 11.5. The Morgan fingerprint density at radius 1 is 1.56 bits per heavy atom. The third kappa shape index (κ3) is 1.86. The maximum absolute atomic E-state index is 11.5. The standard InChI is InChI=1S/C14H20O2/c1-8(2)10-4-5-11-7-13(15)14(16)9(3)12(11)6-10/h7,9-10,12,14,16H,1,4-6H2,2-3H3/t9-,10+,12+,14+/m0/s1. The first-order chi connectivity index (χ1) is 7.50. The fourth-order valence-corrected chi connectivity index (χ4v) is 3.03. The molecule has 1 saturated carbocycles. The Balaban J connectivity index is 2.22. The molecule has 2 rings (SSSR count). The summed E-state index contributed by atoms with van der Waals surface area (Å²) in [6, 6.07) is 0. The predicted octanol–water partition coefficient (Wildman–Crippen LogP) is 2.48. The van der Waals surface area contributed by atoms with Crippen LogP contribution in [0.2, 0.25) is 0 Å². The predicted molar refractivity (Wildman–Crippen MR) is 63.9 cm³/mol. The van der Waals surface area contributed by atoms with E-state index in [-0.39, 0.29) is 11.7 Å². The first-order valence-corrected chi connectivity index (χ1v) is 6.08. The van der Waals surface area contributed by atoms with E-state index in [4.69, 9.17) is 0 Å². The molecule has 0 unspecified atom stereocenters. The van der Waals surface area contributed by atoms with E-state index >= 15 is 0 Å². The number of carbonyl (C=O) groups excluding carboxylic acids is 1. The van der Waals surface area contributed by atoms with Crippen LogP contribution in [0.15, 0.2) is 23.8 Å². The second-order valence-corrected chi connectivity index (χ2v) is 5.35. The number of hydrogen-bond donors (Lipinski definition) is 1. The second kappa shape index (κ2) is 4.17. The Kier molecular flexibility index (Phi) is 3.02. The third-order valence-corrected chi connectivity index (χ3v) is 4.24. The summed E-state index contributed by atoms with van der Waals surface area (Å²) < 4.78 is 0. The van der Waals surface area contributed by atoms with Crippen LogP contribution in [0.3, 0.4) is 0 Å². The molecular formula is C14H20O2. The van der Waals surface area contributed by atoms with Gasteiger partial charge in [-0.2, -0.15) is 0 Å². The van der Waals surface area contributed by atoms with Crippen LogP contribution >= 0.6 is 0 Å². The van der Waals surface area contributed by atoms with Crippen LogP contribution in [0.1, 0.15) is 33.1 Å². The molecule has 2 nitrogen and oxygen atoms in total. The van der Waals surface area contributed by atoms with Crippen LogP contribution in [-0.4, -0.2) is 17.0 Å². The van der Waals surface area contributed by atoms with Crippen LogP contribution < -0.4 is 0 Å². The van der Waals surface area contributed by atoms with E-state index in [1.807, 2.05) is 6.92 Å². The van der Waals surface area contributed by atoms with Gasteiger partial charge in [0.15, 0.2) is 5.78 Å². The van der Waals surface area contributed by atoms with E-state index in [9.17, 15) is 9.90 Å². The lowest BCUT2D eigenvalue weighted by Crippen LogP contribution is -2.39. The number of aliphatic hydroxyl groups is 1. The van der Waals surface area contributed by atoms with Gasteiger partial charge in [0, 0.05) is 0 Å². The van der Waals surface area contributed by atoms with E-state index in [0.29, 0.717) is 11.8 Å². The molecule has 0 aliphatic heterocycles. The van der Waals surface area contributed by atoms with Crippen molar-refractivity contribution < 1.29 is 9.90 Å². The molecule has 4 atom stereocenters. The maximum atomic E-state index is 11.5. The Hall–Kier alpha value is -0.890. The molecule has 0 aromatic rings. The molecule has 0 amide bonds. The van der Waals surface area contributed by atoms with Gasteiger partial charge in [0.1, 0.15) is 6.10 Å². The van der Waals surface area contributed by atoms with E-state index in [2.05, 4.69) is 13.5 Å². The van der Waals surface area contributed by atoms with Crippen molar-refractivity contribution in [3.05, 3.63) is 23.8 Å². The van der Waals surface area contributed by atoms with Crippen molar-refractivity contribution in [3.63, 3.8) is 0 Å². The zero-order valence-electron chi connectivity index (χ0n) is 10.1. The maximum Gasteiger partial charge on any atom is 0.184 e. The van der Waals surface area contributed by atoms with E-state index in [0.717, 1.165) is 19.3 Å². The van der Waals surface area contributed by atoms with Gasteiger partial charge >= 0.3 is 0 Å². The lowest BCUT2D eigenvalue weighted by Gasteiger charge is -2.39. The monoisotopic (exact) mass is 220 g/mol. The van der Waals surface area contributed by atoms with E-state index in [1.165, 1.54) is 11.1 Å². The lowest BCUT2D eigenvalue weighted by atomic mass is 9.66. The highest BCUT2D eigenvalue weighted by molar-refractivity contribution is 5.95. The first kappa shape index (κ1) is 11.6. The Morgan fingerprint density at radius 2 is 2.25 bits per heavy atom. The average molecular weight is 220 g/mol. The zero-order chi connectivity index (χ0) is 11.9. The summed E-state index contributed by atoms with van der Waals surface area (Å²) >= 11 is 0. The van der Waals surface area contributed by atoms with E-state index < -0.39 is 6.10 Å². The van der Waals surface area contributed by atoms with Crippen LogP contribution in [-0.2, 0) is 4.79 Å². The largest absolute Gasteiger partial charge is 0.385 e. The zero-order valence-corrected chi connectivity index (χ0v) is 10.1. The Labute approximate surface area is 97.0 Å². The molecule has 0 aromatic carbocycles. The lowest BCUT2D eigenvalue weighted by molar-refractivity contribution is -0.126. The molecule has 2 aliphatic rings. The molecule has 0 heterocycles. The van der Waals surface area contributed by atoms with Crippen molar-refractivity contribution in [2.45, 2.75) is 39.2 Å². The van der Waals surface area contributed by atoms with Crippen molar-refractivity contribution in [1.29, 1.82) is 0 Å². The molecule has 0 radical (unpaired) electrons. The number of aliphatic hydroxyl groups excluding tert-OH is 1. The summed E-state index contributed by atoms with van der Waals surface area (Å²) in [6.07, 6.45) is 4.03. The molecular weight excluding hydrogens is 200 g/mol. The van der Waals surface area contributed by atoms with Gasteiger partial charge in [0.2, 0.25) is 0 Å². The van der Waals surface area contributed by atoms with Crippen molar-refractivity contribution in [1.82, 2.24) is 0 Å². The summed E-state index contributed by atoms with van der Waals surface area (Å²) in [5, 5.41) is 9.79. The fourth-order valence-electron chi connectivity index (χ4n) is 3.03. The molecule has 16 heavy (non-hydrogen) atoms. The molecule has 0 spiro atoms. The molecule has 0 bridgehead atoms. The van der Waals surface area contributed by atoms with Crippen molar-refractivity contribution in [2.24, 2.45) is 17.8 Å². The summed E-state index contributed by atoms with van der Waals surface area (Å²) in [7, 11) is 0. The van der Waals surface area contributed by atoms with Gasteiger partial charge in [-0.05, 0) is 50.0 Å². The van der Waals surface area contributed by atoms with Crippen molar-refractivity contribution in [3.8, 4) is 0 Å². The molecule has 2 heteroatoms. The van der Waals surface area contributed by atoms with Crippen molar-refractivity contribution >= 4 is 5.78 Å². The molecule has 1 N–H and O–H groups in total. The van der Waals surface area contributed by atoms with Gasteiger partial charge in [-0.25, -0.2) is 0 Å². The fraction of sp³-hybridized carbons (Fsp3) is 0.643. The molecule has 0 aromatic heterocycles. The first-order valence-electron chi connectivity index (χ1n) is 6.08. The van der Waals surface area contributed by atoms with Gasteiger partial charge in [-0.3, -0.25) is 4.79 Å². The molecule has 1 fully saturated rings. The normalized spacial score (nSPS) is 38.9. The number of rotatable bonds is 1. The smallest absolute Gasteiger partial charge is 0.184 e. The van der Waals surface area contributed by atoms with Gasteiger partial charge in [0.05, 0.1) is 0 Å². The van der Waals surface area contributed by atoms with Crippen LogP contribution in [0.5, 0.6) is 0 Å². The molecule has 0 saturated heterocycles. The Morgan fingerprint density at radius 3 is 2.88 bits per heavy atom. The summed E-state index contributed by atoms with van der Waals surface area (Å²) in [6.45, 7) is 8.09. The van der Waals surface area contributed by atoms with Gasteiger partial charge < -0.3 is 5.11 Å². The highest BCUT2D eigenvalue weighted by Gasteiger charge is 2.38. The van der Waals surface area contributed by atoms with Crippen molar-refractivity contribution in [2.75, 3.05) is 0 Å². The van der Waals surface area contributed by atoms with E-state index in [1.54, 1.807) is 6.08 Å². The average Bonchev–Trinajstić information content (AvgIpc) is 2.25. The van der Waals surface area contributed by atoms with Crippen LogP contribution in [0.4, 0.5) is 0 Å². The topological polar surface area (TPSA) is 37.3 Å². The summed E-state index contributed by atoms with van der Waals surface area (Å²) in [5.74, 6) is 0.898. The van der Waals surface area contributed by atoms with Crippen LogP contribution in [0.25, 0.3) is 0 Å². The minimum Gasteiger partial charge on any atom is -0.385 e. The number of ketones is 1. The number of allylic oxidation sites excluding steroid dienone is 2.